The van der Waals surface area contributed by atoms with E-state index in [1.165, 1.54) is 197 Å². The van der Waals surface area contributed by atoms with Crippen molar-refractivity contribution >= 4 is 5.70 Å². The zero-order valence-corrected chi connectivity index (χ0v) is 29.0. The van der Waals surface area contributed by atoms with Crippen molar-refractivity contribution in [3.05, 3.63) is 54.1 Å². The third-order valence-electron chi connectivity index (χ3n) is 9.71. The first-order valence-electron chi connectivity index (χ1n) is 19.2. The van der Waals surface area contributed by atoms with E-state index in [1.54, 1.807) is 0 Å². The third-order valence-corrected chi connectivity index (χ3v) is 9.71. The molecule has 43 heavy (non-hydrogen) atoms. The van der Waals surface area contributed by atoms with Gasteiger partial charge in [0.25, 0.3) is 0 Å². The molecule has 2 nitrogen and oxygen atoms in total. The molecule has 2 heteroatoms. The van der Waals surface area contributed by atoms with Crippen LogP contribution in [0.15, 0.2) is 42.9 Å². The Morgan fingerprint density at radius 2 is 0.953 bits per heavy atom. The van der Waals surface area contributed by atoms with Gasteiger partial charge in [-0.05, 0) is 43.5 Å². The fourth-order valence-corrected chi connectivity index (χ4v) is 6.76. The summed E-state index contributed by atoms with van der Waals surface area (Å²) in [6, 6.07) is 2.29. The minimum Gasteiger partial charge on any atom is -0.319 e. The number of hydrogen-bond acceptors (Lipinski definition) is 0. The van der Waals surface area contributed by atoms with E-state index in [2.05, 4.69) is 48.6 Å². The lowest BCUT2D eigenvalue weighted by Crippen LogP contribution is -2.00. The van der Waals surface area contributed by atoms with Crippen LogP contribution in [0.3, 0.4) is 0 Å². The van der Waals surface area contributed by atoms with Crippen LogP contribution in [0.2, 0.25) is 0 Å². The Balaban J connectivity index is 1.25. The molecule has 1 radical (unpaired) electrons. The molecule has 0 aromatic carbocycles. The van der Waals surface area contributed by atoms with E-state index in [9.17, 15) is 0 Å². The molecule has 245 valence electrons. The Bertz CT molecular complexity index is 857. The van der Waals surface area contributed by atoms with Crippen LogP contribution in [-0.4, -0.2) is 4.57 Å². The van der Waals surface area contributed by atoms with Crippen molar-refractivity contribution in [2.45, 2.75) is 200 Å². The van der Waals surface area contributed by atoms with Gasteiger partial charge in [-0.2, -0.15) is 0 Å². The zero-order valence-electron chi connectivity index (χ0n) is 29.0. The first kappa shape index (κ1) is 37.5. The number of aromatic nitrogens is 1. The summed E-state index contributed by atoms with van der Waals surface area (Å²) in [5.41, 5.74) is 4.94. The van der Waals surface area contributed by atoms with Gasteiger partial charge < -0.3 is 4.57 Å². The summed E-state index contributed by atoms with van der Waals surface area (Å²) in [4.78, 5) is 0. The van der Waals surface area contributed by atoms with Crippen LogP contribution in [0.25, 0.3) is 5.70 Å². The van der Waals surface area contributed by atoms with Gasteiger partial charge >= 0.3 is 0 Å². The number of rotatable bonds is 31. The maximum atomic E-state index is 4.39. The van der Waals surface area contributed by atoms with Gasteiger partial charge in [0.15, 0.2) is 0 Å². The third kappa shape index (κ3) is 18.0. The topological polar surface area (TPSA) is 19.0 Å². The lowest BCUT2D eigenvalue weighted by atomic mass is 10.0. The molecule has 0 saturated carbocycles. The summed E-state index contributed by atoms with van der Waals surface area (Å²) >= 11 is 0. The molecule has 0 spiro atoms. The van der Waals surface area contributed by atoms with Crippen molar-refractivity contribution in [3.8, 4) is 0 Å². The number of hydrogen-bond donors (Lipinski definition) is 0. The number of unbranched alkanes of at least 4 members (excludes halogenated alkanes) is 27. The lowest BCUT2D eigenvalue weighted by molar-refractivity contribution is 0.514. The maximum absolute atomic E-state index is 4.39. The number of aryl methyl sites for hydroxylation is 1. The quantitative estimate of drug-likeness (QED) is 0.0765. The highest BCUT2D eigenvalue weighted by atomic mass is 15.0. The number of nitrogens with zero attached hydrogens (tertiary/aromatic N) is 2. The molecular weight excluding hydrogens is 520 g/mol. The zero-order chi connectivity index (χ0) is 30.6. The van der Waals surface area contributed by atoms with Gasteiger partial charge in [0, 0.05) is 18.1 Å². The molecule has 1 aliphatic heterocycles. The molecular formula is C41H71N2. The molecule has 2 heterocycles. The summed E-state index contributed by atoms with van der Waals surface area (Å²) in [5, 5.41) is 4.39. The van der Waals surface area contributed by atoms with Crippen LogP contribution >= 0.6 is 0 Å². The first-order chi connectivity index (χ1) is 21.3. The van der Waals surface area contributed by atoms with Crippen LogP contribution in [0, 0.1) is 6.92 Å². The summed E-state index contributed by atoms with van der Waals surface area (Å²) in [5.74, 6) is 0. The number of allylic oxidation sites excluding steroid dienone is 3. The minimum atomic E-state index is 0.968. The van der Waals surface area contributed by atoms with E-state index in [0.717, 1.165) is 11.4 Å². The second-order valence-electron chi connectivity index (χ2n) is 13.5. The highest BCUT2D eigenvalue weighted by Crippen LogP contribution is 2.24. The Hall–Kier alpha value is -1.70. The molecule has 0 aliphatic carbocycles. The van der Waals surface area contributed by atoms with E-state index in [1.807, 2.05) is 12.3 Å². The molecule has 1 aromatic heterocycles. The van der Waals surface area contributed by atoms with Crippen LogP contribution in [-0.2, 0) is 6.42 Å². The predicted octanol–water partition coefficient (Wildman–Crippen LogP) is 13.8. The van der Waals surface area contributed by atoms with Gasteiger partial charge in [-0.1, -0.05) is 187 Å². The largest absolute Gasteiger partial charge is 0.319 e. The van der Waals surface area contributed by atoms with Crippen molar-refractivity contribution in [1.82, 2.24) is 9.88 Å². The smallest absolute Gasteiger partial charge is 0.0864 e. The average Bonchev–Trinajstić information content (AvgIpc) is 3.64. The van der Waals surface area contributed by atoms with E-state index in [-0.39, 0.29) is 0 Å². The fourth-order valence-electron chi connectivity index (χ4n) is 6.76. The summed E-state index contributed by atoms with van der Waals surface area (Å²) in [6.45, 7) is 8.43. The Kier molecular flexibility index (Phi) is 23.3. The first-order valence-corrected chi connectivity index (χ1v) is 19.2. The van der Waals surface area contributed by atoms with Crippen molar-refractivity contribution in [2.24, 2.45) is 0 Å². The molecule has 1 aliphatic rings. The van der Waals surface area contributed by atoms with Crippen LogP contribution < -0.4 is 5.32 Å². The fraction of sp³-hybridized carbons (Fsp3) is 0.756. The Morgan fingerprint density at radius 1 is 0.581 bits per heavy atom. The normalized spacial score (nSPS) is 12.9. The molecule has 0 unspecified atom stereocenters. The Labute approximate surface area is 269 Å². The molecule has 0 amide bonds. The SMILES string of the molecule is C=CC1=C(n2ccc(CCCCCCCCCCCCCCCCCCCCCCCCCCCCCC)c2C)C=C[N]1. The molecule has 0 atom stereocenters. The summed E-state index contributed by atoms with van der Waals surface area (Å²) in [6.07, 6.45) is 49.8. The van der Waals surface area contributed by atoms with Crippen LogP contribution in [0.1, 0.15) is 198 Å². The van der Waals surface area contributed by atoms with E-state index in [0.29, 0.717) is 0 Å². The molecule has 0 fully saturated rings. The molecule has 0 saturated heterocycles. The summed E-state index contributed by atoms with van der Waals surface area (Å²) < 4.78 is 2.26. The summed E-state index contributed by atoms with van der Waals surface area (Å²) in [7, 11) is 0. The van der Waals surface area contributed by atoms with Gasteiger partial charge in [0.2, 0.25) is 0 Å². The van der Waals surface area contributed by atoms with Crippen molar-refractivity contribution < 1.29 is 0 Å². The minimum absolute atomic E-state index is 0.968. The van der Waals surface area contributed by atoms with Gasteiger partial charge in [-0.15, -0.1) is 0 Å². The predicted molar refractivity (Wildman–Crippen MR) is 193 cm³/mol. The highest BCUT2D eigenvalue weighted by molar-refractivity contribution is 5.68. The monoisotopic (exact) mass is 592 g/mol. The van der Waals surface area contributed by atoms with Crippen molar-refractivity contribution in [1.29, 1.82) is 0 Å². The van der Waals surface area contributed by atoms with E-state index >= 15 is 0 Å². The van der Waals surface area contributed by atoms with Gasteiger partial charge in [0.05, 0.1) is 11.4 Å². The second kappa shape index (κ2) is 26.7. The van der Waals surface area contributed by atoms with Crippen molar-refractivity contribution in [2.75, 3.05) is 0 Å². The van der Waals surface area contributed by atoms with Gasteiger partial charge in [-0.3, -0.25) is 5.32 Å². The van der Waals surface area contributed by atoms with E-state index in [4.69, 9.17) is 0 Å². The van der Waals surface area contributed by atoms with Crippen LogP contribution in [0.4, 0.5) is 0 Å². The molecule has 0 bridgehead atoms. The molecule has 1 aromatic rings. The second-order valence-corrected chi connectivity index (χ2v) is 13.5. The highest BCUT2D eigenvalue weighted by Gasteiger charge is 2.13. The lowest BCUT2D eigenvalue weighted by Gasteiger charge is -2.08. The van der Waals surface area contributed by atoms with Crippen LogP contribution in [0.5, 0.6) is 0 Å². The van der Waals surface area contributed by atoms with Gasteiger partial charge in [0.1, 0.15) is 0 Å². The standard InChI is InChI=1S/C41H71N2/c1-4-6-7-8-9-10-11-12-13-14-15-16-17-18-19-20-21-22-23-24-25-26-27-28-29-30-31-32-33-39-35-37-43(38(39)3)41-34-36-42-40(41)5-2/h5,34-37H,2,4,6-33H2,1,3H3. The van der Waals surface area contributed by atoms with Gasteiger partial charge in [-0.25, -0.2) is 0 Å². The average molecular weight is 592 g/mol. The maximum Gasteiger partial charge on any atom is 0.0864 e. The molecule has 0 N–H and O–H groups in total. The van der Waals surface area contributed by atoms with Crippen molar-refractivity contribution in [3.63, 3.8) is 0 Å². The molecule has 2 rings (SSSR count). The Morgan fingerprint density at radius 3 is 1.33 bits per heavy atom. The van der Waals surface area contributed by atoms with E-state index < -0.39 is 0 Å².